The first-order valence-electron chi connectivity index (χ1n) is 13.2. The Hall–Kier alpha value is -4.19. The number of carboxylic acid groups (broad SMARTS) is 1. The standard InChI is InChI=1S/C20H18O6.C10H13NO4/c1-3-15-17(25-9-23-15)5-11(1)19-13-7-22-20(14(13)8-21-19)12-2-4-16-18(6-12)26-10-24-16;1-10(11,9(14)15)5-6-2-3-7(12)8(13)4-6/h1-6,13-14,19-20H,7-10H2;2-4,12-13H,5,11H2,1H3,(H,14,15). The minimum Gasteiger partial charge on any atom is -0.504 e. The first kappa shape index (κ1) is 27.0. The molecule has 5 atom stereocenters. The summed E-state index contributed by atoms with van der Waals surface area (Å²) in [6.07, 6.45) is 0.123. The molecule has 0 bridgehead atoms. The highest BCUT2D eigenvalue weighted by Crippen LogP contribution is 2.52. The van der Waals surface area contributed by atoms with E-state index in [9.17, 15) is 9.90 Å². The lowest BCUT2D eigenvalue weighted by atomic mass is 9.85. The van der Waals surface area contributed by atoms with E-state index in [-0.39, 0.29) is 43.7 Å². The summed E-state index contributed by atoms with van der Waals surface area (Å²) >= 11 is 0. The zero-order chi connectivity index (χ0) is 28.7. The number of aliphatic carboxylic acids is 1. The van der Waals surface area contributed by atoms with E-state index in [0.29, 0.717) is 30.6 Å². The van der Waals surface area contributed by atoms with Gasteiger partial charge in [0.25, 0.3) is 0 Å². The van der Waals surface area contributed by atoms with Crippen LogP contribution in [0.15, 0.2) is 54.6 Å². The minimum atomic E-state index is -1.39. The van der Waals surface area contributed by atoms with E-state index in [0.717, 1.165) is 34.1 Å². The van der Waals surface area contributed by atoms with Gasteiger partial charge in [-0.05, 0) is 60.0 Å². The average molecular weight is 566 g/mol. The monoisotopic (exact) mass is 565 g/mol. The number of fused-ring (bicyclic) bond motifs is 3. The van der Waals surface area contributed by atoms with Crippen LogP contribution in [0.25, 0.3) is 0 Å². The molecule has 216 valence electrons. The van der Waals surface area contributed by atoms with Crippen molar-refractivity contribution in [1.29, 1.82) is 0 Å². The molecule has 4 heterocycles. The Balaban J connectivity index is 0.000000174. The molecule has 3 aromatic carbocycles. The van der Waals surface area contributed by atoms with Crippen molar-refractivity contribution in [3.8, 4) is 34.5 Å². The van der Waals surface area contributed by atoms with Gasteiger partial charge >= 0.3 is 5.97 Å². The fourth-order valence-electron chi connectivity index (χ4n) is 5.59. The lowest BCUT2D eigenvalue weighted by molar-refractivity contribution is -0.142. The summed E-state index contributed by atoms with van der Waals surface area (Å²) in [6.45, 7) is 3.32. The van der Waals surface area contributed by atoms with Crippen molar-refractivity contribution in [2.24, 2.45) is 17.6 Å². The topological polar surface area (TPSA) is 159 Å². The second kappa shape index (κ2) is 10.7. The van der Waals surface area contributed by atoms with E-state index in [4.69, 9.17) is 44.4 Å². The maximum atomic E-state index is 10.7. The summed E-state index contributed by atoms with van der Waals surface area (Å²) in [4.78, 5) is 10.7. The molecular formula is C30H31NO10. The number of hydrogen-bond donors (Lipinski definition) is 4. The van der Waals surface area contributed by atoms with Crippen LogP contribution in [0.5, 0.6) is 34.5 Å². The van der Waals surface area contributed by atoms with Gasteiger partial charge in [0.05, 0.1) is 25.4 Å². The van der Waals surface area contributed by atoms with Gasteiger partial charge in [0.15, 0.2) is 34.5 Å². The Labute approximate surface area is 235 Å². The van der Waals surface area contributed by atoms with Crippen molar-refractivity contribution >= 4 is 5.97 Å². The third-order valence-corrected chi connectivity index (χ3v) is 7.81. The summed E-state index contributed by atoms with van der Waals surface area (Å²) in [5.74, 6) is 2.18. The largest absolute Gasteiger partial charge is 0.504 e. The molecule has 4 aliphatic heterocycles. The molecule has 11 heteroatoms. The summed E-state index contributed by atoms with van der Waals surface area (Å²) in [6, 6.07) is 16.2. The molecule has 0 saturated carbocycles. The van der Waals surface area contributed by atoms with E-state index >= 15 is 0 Å². The van der Waals surface area contributed by atoms with Crippen molar-refractivity contribution in [2.75, 3.05) is 26.8 Å². The highest BCUT2D eigenvalue weighted by atomic mass is 16.7. The van der Waals surface area contributed by atoms with E-state index in [1.807, 2.05) is 24.3 Å². The van der Waals surface area contributed by atoms with Gasteiger partial charge in [-0.2, -0.15) is 0 Å². The lowest BCUT2D eigenvalue weighted by Gasteiger charge is -2.19. The molecule has 5 N–H and O–H groups in total. The van der Waals surface area contributed by atoms with Crippen molar-refractivity contribution in [2.45, 2.75) is 31.1 Å². The molecule has 2 saturated heterocycles. The number of nitrogens with two attached hydrogens (primary N) is 1. The van der Waals surface area contributed by atoms with Gasteiger partial charge in [0, 0.05) is 18.3 Å². The normalized spacial score (nSPS) is 24.7. The summed E-state index contributed by atoms with van der Waals surface area (Å²) in [5, 5.41) is 27.0. The van der Waals surface area contributed by atoms with E-state index in [2.05, 4.69) is 12.1 Å². The van der Waals surface area contributed by atoms with Gasteiger partial charge < -0.3 is 49.5 Å². The molecule has 0 radical (unpaired) electrons. The number of phenols is 2. The smallest absolute Gasteiger partial charge is 0.323 e. The van der Waals surface area contributed by atoms with Gasteiger partial charge in [-0.25, -0.2) is 0 Å². The minimum absolute atomic E-state index is 0.0218. The number of ether oxygens (including phenoxy) is 6. The van der Waals surface area contributed by atoms with Crippen LogP contribution in [0.4, 0.5) is 0 Å². The molecule has 0 amide bonds. The number of phenolic OH excluding ortho intramolecular Hbond substituents is 2. The van der Waals surface area contributed by atoms with Crippen LogP contribution < -0.4 is 24.7 Å². The zero-order valence-corrected chi connectivity index (χ0v) is 22.3. The molecule has 7 rings (SSSR count). The van der Waals surface area contributed by atoms with Crippen LogP contribution in [-0.2, 0) is 20.7 Å². The summed E-state index contributed by atoms with van der Waals surface area (Å²) in [5.41, 5.74) is 6.95. The fourth-order valence-corrected chi connectivity index (χ4v) is 5.59. The van der Waals surface area contributed by atoms with E-state index < -0.39 is 11.5 Å². The van der Waals surface area contributed by atoms with Crippen molar-refractivity contribution in [1.82, 2.24) is 0 Å². The molecule has 0 spiro atoms. The molecule has 3 aromatic rings. The highest BCUT2D eigenvalue weighted by Gasteiger charge is 2.48. The Kier molecular flexibility index (Phi) is 7.02. The highest BCUT2D eigenvalue weighted by molar-refractivity contribution is 5.78. The third-order valence-electron chi connectivity index (χ3n) is 7.81. The molecule has 0 aliphatic carbocycles. The molecule has 2 fully saturated rings. The van der Waals surface area contributed by atoms with Gasteiger partial charge in [0.1, 0.15) is 5.54 Å². The summed E-state index contributed by atoms with van der Waals surface area (Å²) < 4.78 is 34.2. The SMILES string of the molecule is CC(N)(Cc1ccc(O)c(O)c1)C(=O)O.c1cc2c(cc1C1OCC3C(c4ccc5c(c4)OCO5)OCC13)OCO2. The Morgan fingerprint density at radius 3 is 1.78 bits per heavy atom. The molecule has 11 nitrogen and oxygen atoms in total. The van der Waals surface area contributed by atoms with Crippen molar-refractivity contribution < 1.29 is 48.5 Å². The molecule has 4 aliphatic rings. The van der Waals surface area contributed by atoms with Gasteiger partial charge in [-0.3, -0.25) is 4.79 Å². The molecular weight excluding hydrogens is 534 g/mol. The molecule has 0 aromatic heterocycles. The van der Waals surface area contributed by atoms with E-state index in [1.165, 1.54) is 25.1 Å². The first-order chi connectivity index (χ1) is 19.7. The second-order valence-electron chi connectivity index (χ2n) is 10.8. The number of rotatable bonds is 5. The van der Waals surface area contributed by atoms with Gasteiger partial charge in [0.2, 0.25) is 13.6 Å². The predicted octanol–water partition coefficient (Wildman–Crippen LogP) is 3.66. The van der Waals surface area contributed by atoms with Crippen molar-refractivity contribution in [3.05, 3.63) is 71.3 Å². The van der Waals surface area contributed by atoms with E-state index in [1.54, 1.807) is 0 Å². The van der Waals surface area contributed by atoms with Crippen LogP contribution in [0.1, 0.15) is 35.8 Å². The number of hydrogen-bond acceptors (Lipinski definition) is 10. The maximum Gasteiger partial charge on any atom is 0.323 e. The summed E-state index contributed by atoms with van der Waals surface area (Å²) in [7, 11) is 0. The first-order valence-corrected chi connectivity index (χ1v) is 13.2. The number of carbonyl (C=O) groups is 1. The maximum absolute atomic E-state index is 10.7. The molecule has 5 unspecified atom stereocenters. The van der Waals surface area contributed by atoms with Crippen molar-refractivity contribution in [3.63, 3.8) is 0 Å². The quantitative estimate of drug-likeness (QED) is 0.334. The number of benzene rings is 3. The fraction of sp³-hybridized carbons (Fsp3) is 0.367. The van der Waals surface area contributed by atoms with Crippen LogP contribution in [0, 0.1) is 11.8 Å². The second-order valence-corrected chi connectivity index (χ2v) is 10.8. The Bertz CT molecular complexity index is 1390. The Morgan fingerprint density at radius 1 is 0.780 bits per heavy atom. The third kappa shape index (κ3) is 5.31. The van der Waals surface area contributed by atoms with Gasteiger partial charge in [-0.15, -0.1) is 0 Å². The zero-order valence-electron chi connectivity index (χ0n) is 22.3. The van der Waals surface area contributed by atoms with Gasteiger partial charge in [-0.1, -0.05) is 18.2 Å². The number of carboxylic acids is 1. The average Bonchev–Trinajstić information content (AvgIpc) is 3.74. The van der Waals surface area contributed by atoms with Crippen LogP contribution in [-0.4, -0.2) is 53.6 Å². The van der Waals surface area contributed by atoms with Crippen LogP contribution in [0.3, 0.4) is 0 Å². The Morgan fingerprint density at radius 2 is 1.29 bits per heavy atom. The molecule has 41 heavy (non-hydrogen) atoms. The van der Waals surface area contributed by atoms with Crippen LogP contribution >= 0.6 is 0 Å². The number of aromatic hydroxyl groups is 2. The predicted molar refractivity (Wildman–Crippen MR) is 143 cm³/mol. The lowest BCUT2D eigenvalue weighted by Crippen LogP contribution is -2.46. The van der Waals surface area contributed by atoms with Crippen LogP contribution in [0.2, 0.25) is 0 Å².